The molecule has 23 heavy (non-hydrogen) atoms. The molecule has 0 radical (unpaired) electrons. The predicted octanol–water partition coefficient (Wildman–Crippen LogP) is 2.09. The van der Waals surface area contributed by atoms with Crippen LogP contribution in [0, 0.1) is 0 Å². The Morgan fingerprint density at radius 2 is 1.87 bits per heavy atom. The summed E-state index contributed by atoms with van der Waals surface area (Å²) in [4.78, 5) is 23.0. The van der Waals surface area contributed by atoms with E-state index in [0.717, 1.165) is 5.56 Å². The molecule has 2 aromatic rings. The number of nitrogens with one attached hydrogen (secondary N) is 1. The van der Waals surface area contributed by atoms with Crippen LogP contribution in [0.1, 0.15) is 26.3 Å². The molecule has 3 rings (SSSR count). The van der Waals surface area contributed by atoms with Crippen LogP contribution in [0.5, 0.6) is 11.5 Å². The molecule has 0 spiro atoms. The van der Waals surface area contributed by atoms with Crippen molar-refractivity contribution < 1.29 is 24.2 Å². The smallest absolute Gasteiger partial charge is 0.335 e. The summed E-state index contributed by atoms with van der Waals surface area (Å²) in [7, 11) is 0. The highest BCUT2D eigenvalue weighted by atomic mass is 16.7. The first-order valence-electron chi connectivity index (χ1n) is 7.13. The first-order valence-corrected chi connectivity index (χ1v) is 7.13. The predicted molar refractivity (Wildman–Crippen MR) is 82.0 cm³/mol. The van der Waals surface area contributed by atoms with Crippen LogP contribution in [-0.2, 0) is 6.42 Å². The molecule has 118 valence electrons. The highest BCUT2D eigenvalue weighted by Gasteiger charge is 2.15. The standard InChI is InChI=1S/C17H15NO5/c19-16(12-4-5-14-15(9-12)23-10-22-14)18-7-6-11-2-1-3-13(8-11)17(20)21/h1-5,8-9H,6-7,10H2,(H,18,19)(H,20,21). The molecule has 0 saturated carbocycles. The van der Waals surface area contributed by atoms with Gasteiger partial charge in [-0.15, -0.1) is 0 Å². The molecule has 1 amide bonds. The van der Waals surface area contributed by atoms with Gasteiger partial charge in [0.25, 0.3) is 5.91 Å². The van der Waals surface area contributed by atoms with E-state index in [9.17, 15) is 9.59 Å². The molecule has 0 bridgehead atoms. The van der Waals surface area contributed by atoms with Gasteiger partial charge in [-0.05, 0) is 42.3 Å². The first-order chi connectivity index (χ1) is 11.1. The SMILES string of the molecule is O=C(O)c1cccc(CCNC(=O)c2ccc3c(c2)OCO3)c1. The lowest BCUT2D eigenvalue weighted by Gasteiger charge is -2.07. The lowest BCUT2D eigenvalue weighted by molar-refractivity contribution is 0.0696. The van der Waals surface area contributed by atoms with Gasteiger partial charge in [0.2, 0.25) is 6.79 Å². The normalized spacial score (nSPS) is 12.0. The zero-order valence-corrected chi connectivity index (χ0v) is 12.2. The van der Waals surface area contributed by atoms with Crippen LogP contribution in [0.15, 0.2) is 42.5 Å². The fourth-order valence-corrected chi connectivity index (χ4v) is 2.32. The number of fused-ring (bicyclic) bond motifs is 1. The van der Waals surface area contributed by atoms with Crippen LogP contribution in [0.25, 0.3) is 0 Å². The lowest BCUT2D eigenvalue weighted by Crippen LogP contribution is -2.25. The van der Waals surface area contributed by atoms with Crippen LogP contribution in [0.4, 0.5) is 0 Å². The number of ether oxygens (including phenoxy) is 2. The van der Waals surface area contributed by atoms with E-state index in [1.165, 1.54) is 6.07 Å². The number of hydrogen-bond acceptors (Lipinski definition) is 4. The van der Waals surface area contributed by atoms with Gasteiger partial charge in [-0.3, -0.25) is 4.79 Å². The second kappa shape index (κ2) is 6.39. The second-order valence-electron chi connectivity index (χ2n) is 5.08. The molecule has 6 nitrogen and oxygen atoms in total. The van der Waals surface area contributed by atoms with Gasteiger partial charge in [0.1, 0.15) is 0 Å². The molecule has 0 aromatic heterocycles. The van der Waals surface area contributed by atoms with E-state index in [1.54, 1.807) is 30.3 Å². The maximum atomic E-state index is 12.1. The van der Waals surface area contributed by atoms with E-state index in [-0.39, 0.29) is 18.3 Å². The van der Waals surface area contributed by atoms with Gasteiger partial charge in [0.05, 0.1) is 5.56 Å². The Hall–Kier alpha value is -3.02. The van der Waals surface area contributed by atoms with Crippen molar-refractivity contribution in [3.63, 3.8) is 0 Å². The summed E-state index contributed by atoms with van der Waals surface area (Å²) in [6, 6.07) is 11.7. The average molecular weight is 313 g/mol. The number of hydrogen-bond donors (Lipinski definition) is 2. The van der Waals surface area contributed by atoms with Gasteiger partial charge in [-0.25, -0.2) is 4.79 Å². The molecular weight excluding hydrogens is 298 g/mol. The van der Waals surface area contributed by atoms with Crippen LogP contribution in [0.2, 0.25) is 0 Å². The van der Waals surface area contributed by atoms with E-state index in [0.29, 0.717) is 30.0 Å². The number of carbonyl (C=O) groups excluding carboxylic acids is 1. The van der Waals surface area contributed by atoms with Crippen LogP contribution >= 0.6 is 0 Å². The van der Waals surface area contributed by atoms with Gasteiger partial charge in [-0.2, -0.15) is 0 Å². The highest BCUT2D eigenvalue weighted by molar-refractivity contribution is 5.95. The molecule has 1 aliphatic heterocycles. The fraction of sp³-hybridized carbons (Fsp3) is 0.176. The minimum absolute atomic E-state index is 0.167. The molecule has 0 aliphatic carbocycles. The van der Waals surface area contributed by atoms with Crippen molar-refractivity contribution in [2.24, 2.45) is 0 Å². The van der Waals surface area contributed by atoms with E-state index >= 15 is 0 Å². The van der Waals surface area contributed by atoms with Crippen molar-refractivity contribution in [2.75, 3.05) is 13.3 Å². The van der Waals surface area contributed by atoms with Crippen molar-refractivity contribution in [2.45, 2.75) is 6.42 Å². The van der Waals surface area contributed by atoms with Crippen LogP contribution in [-0.4, -0.2) is 30.3 Å². The van der Waals surface area contributed by atoms with E-state index in [2.05, 4.69) is 5.32 Å². The number of rotatable bonds is 5. The van der Waals surface area contributed by atoms with E-state index in [1.807, 2.05) is 6.07 Å². The molecule has 1 aliphatic rings. The minimum Gasteiger partial charge on any atom is -0.478 e. The third-order valence-electron chi connectivity index (χ3n) is 3.51. The average Bonchev–Trinajstić information content (AvgIpc) is 3.02. The zero-order chi connectivity index (χ0) is 16.2. The van der Waals surface area contributed by atoms with Gasteiger partial charge >= 0.3 is 5.97 Å². The molecule has 2 N–H and O–H groups in total. The highest BCUT2D eigenvalue weighted by Crippen LogP contribution is 2.32. The van der Waals surface area contributed by atoms with Crippen molar-refractivity contribution in [3.8, 4) is 11.5 Å². The van der Waals surface area contributed by atoms with Crippen molar-refractivity contribution >= 4 is 11.9 Å². The monoisotopic (exact) mass is 313 g/mol. The summed E-state index contributed by atoms with van der Waals surface area (Å²) in [5.41, 5.74) is 1.59. The Labute approximate surface area is 132 Å². The Morgan fingerprint density at radius 3 is 2.70 bits per heavy atom. The fourth-order valence-electron chi connectivity index (χ4n) is 2.32. The van der Waals surface area contributed by atoms with Crippen molar-refractivity contribution in [1.82, 2.24) is 5.32 Å². The number of carbonyl (C=O) groups is 2. The number of carboxylic acids is 1. The molecule has 0 atom stereocenters. The van der Waals surface area contributed by atoms with Gasteiger partial charge in [0.15, 0.2) is 11.5 Å². The van der Waals surface area contributed by atoms with Crippen molar-refractivity contribution in [1.29, 1.82) is 0 Å². The van der Waals surface area contributed by atoms with Gasteiger partial charge in [-0.1, -0.05) is 12.1 Å². The largest absolute Gasteiger partial charge is 0.478 e. The molecule has 6 heteroatoms. The number of benzene rings is 2. The maximum Gasteiger partial charge on any atom is 0.335 e. The van der Waals surface area contributed by atoms with Crippen LogP contribution < -0.4 is 14.8 Å². The molecule has 1 heterocycles. The second-order valence-corrected chi connectivity index (χ2v) is 5.08. The van der Waals surface area contributed by atoms with E-state index < -0.39 is 5.97 Å². The number of aromatic carboxylic acids is 1. The molecule has 0 saturated heterocycles. The summed E-state index contributed by atoms with van der Waals surface area (Å²) in [6.07, 6.45) is 0.553. The molecular formula is C17H15NO5. The summed E-state index contributed by atoms with van der Waals surface area (Å²) in [5, 5.41) is 11.8. The van der Waals surface area contributed by atoms with Crippen molar-refractivity contribution in [3.05, 3.63) is 59.2 Å². The third-order valence-corrected chi connectivity index (χ3v) is 3.51. The quantitative estimate of drug-likeness (QED) is 0.883. The lowest BCUT2D eigenvalue weighted by atomic mass is 10.1. The minimum atomic E-state index is -0.962. The number of carboxylic acid groups (broad SMARTS) is 1. The first kappa shape index (κ1) is 14.9. The number of amides is 1. The third kappa shape index (κ3) is 3.42. The Balaban J connectivity index is 1.57. The maximum absolute atomic E-state index is 12.1. The summed E-state index contributed by atoms with van der Waals surface area (Å²) >= 11 is 0. The van der Waals surface area contributed by atoms with Gasteiger partial charge in [0, 0.05) is 12.1 Å². The molecule has 2 aromatic carbocycles. The zero-order valence-electron chi connectivity index (χ0n) is 12.2. The Kier molecular flexibility index (Phi) is 4.14. The summed E-state index contributed by atoms with van der Waals surface area (Å²) in [6.45, 7) is 0.580. The summed E-state index contributed by atoms with van der Waals surface area (Å²) < 4.78 is 10.4. The van der Waals surface area contributed by atoms with E-state index in [4.69, 9.17) is 14.6 Å². The Bertz CT molecular complexity index is 756. The van der Waals surface area contributed by atoms with Crippen LogP contribution in [0.3, 0.4) is 0 Å². The Morgan fingerprint density at radius 1 is 1.04 bits per heavy atom. The molecule has 0 unspecified atom stereocenters. The topological polar surface area (TPSA) is 84.9 Å². The summed E-state index contributed by atoms with van der Waals surface area (Å²) in [5.74, 6) is 0.0211. The van der Waals surface area contributed by atoms with Gasteiger partial charge < -0.3 is 19.9 Å². The molecule has 0 fully saturated rings.